The maximum Gasteiger partial charge on any atom is 0.341 e. The number of halogens is 2. The van der Waals surface area contributed by atoms with Crippen LogP contribution >= 0.6 is 11.3 Å². The average molecular weight is 394 g/mol. The SMILES string of the molecule is COC(=O)c1c(NC(=O)CNC(C)c2ccc(F)c(F)c2)sc2c1CCC2. The molecule has 0 radical (unpaired) electrons. The molecule has 1 heterocycles. The molecule has 0 aliphatic heterocycles. The molecule has 1 aliphatic rings. The zero-order valence-electron chi connectivity index (χ0n) is 15.0. The lowest BCUT2D eigenvalue weighted by atomic mass is 10.1. The van der Waals surface area contributed by atoms with Gasteiger partial charge in [-0.25, -0.2) is 13.6 Å². The van der Waals surface area contributed by atoms with Crippen molar-refractivity contribution in [2.45, 2.75) is 32.2 Å². The molecule has 0 spiro atoms. The smallest absolute Gasteiger partial charge is 0.341 e. The number of ether oxygens (including phenoxy) is 1. The van der Waals surface area contributed by atoms with Gasteiger partial charge in [0.15, 0.2) is 11.6 Å². The number of benzene rings is 1. The van der Waals surface area contributed by atoms with Crippen molar-refractivity contribution >= 4 is 28.2 Å². The van der Waals surface area contributed by atoms with E-state index in [1.54, 1.807) is 6.92 Å². The van der Waals surface area contributed by atoms with E-state index in [1.807, 2.05) is 0 Å². The number of anilines is 1. The first-order valence-corrected chi connectivity index (χ1v) is 9.43. The topological polar surface area (TPSA) is 67.4 Å². The van der Waals surface area contributed by atoms with Crippen molar-refractivity contribution in [2.24, 2.45) is 0 Å². The predicted octanol–water partition coefficient (Wildman–Crippen LogP) is 3.59. The zero-order chi connectivity index (χ0) is 19.6. The van der Waals surface area contributed by atoms with Gasteiger partial charge in [0.1, 0.15) is 5.00 Å². The van der Waals surface area contributed by atoms with Crippen LogP contribution in [0.25, 0.3) is 0 Å². The van der Waals surface area contributed by atoms with Gasteiger partial charge in [-0.1, -0.05) is 6.07 Å². The second kappa shape index (κ2) is 8.14. The average Bonchev–Trinajstić information content (AvgIpc) is 3.22. The molecule has 3 rings (SSSR count). The van der Waals surface area contributed by atoms with E-state index in [2.05, 4.69) is 10.6 Å². The van der Waals surface area contributed by atoms with E-state index in [0.717, 1.165) is 41.8 Å². The summed E-state index contributed by atoms with van der Waals surface area (Å²) in [7, 11) is 1.32. The molecule has 0 fully saturated rings. The number of hydrogen-bond acceptors (Lipinski definition) is 5. The Morgan fingerprint density at radius 3 is 2.74 bits per heavy atom. The zero-order valence-corrected chi connectivity index (χ0v) is 15.8. The highest BCUT2D eigenvalue weighted by atomic mass is 32.1. The molecule has 1 aromatic heterocycles. The highest BCUT2D eigenvalue weighted by molar-refractivity contribution is 7.17. The number of hydrogen-bond donors (Lipinski definition) is 2. The van der Waals surface area contributed by atoms with E-state index in [4.69, 9.17) is 4.74 Å². The summed E-state index contributed by atoms with van der Waals surface area (Å²) in [6, 6.07) is 3.27. The Bertz CT molecular complexity index is 882. The summed E-state index contributed by atoms with van der Waals surface area (Å²) in [5.41, 5.74) is 1.94. The lowest BCUT2D eigenvalue weighted by molar-refractivity contribution is -0.115. The molecule has 5 nitrogen and oxygen atoms in total. The molecule has 1 aromatic carbocycles. The number of nitrogens with one attached hydrogen (secondary N) is 2. The van der Waals surface area contributed by atoms with Gasteiger partial charge >= 0.3 is 5.97 Å². The molecule has 8 heteroatoms. The number of carbonyl (C=O) groups excluding carboxylic acids is 2. The van der Waals surface area contributed by atoms with E-state index in [9.17, 15) is 18.4 Å². The minimum Gasteiger partial charge on any atom is -0.465 e. The van der Waals surface area contributed by atoms with Gasteiger partial charge in [0.05, 0.1) is 19.2 Å². The Labute approximate surface area is 159 Å². The number of fused-ring (bicyclic) bond motifs is 1. The molecule has 0 saturated carbocycles. The van der Waals surface area contributed by atoms with Crippen LogP contribution in [-0.2, 0) is 22.4 Å². The van der Waals surface area contributed by atoms with Gasteiger partial charge in [-0.15, -0.1) is 11.3 Å². The molecule has 1 unspecified atom stereocenters. The molecule has 1 amide bonds. The van der Waals surface area contributed by atoms with Crippen LogP contribution in [0.4, 0.5) is 13.8 Å². The molecule has 1 atom stereocenters. The summed E-state index contributed by atoms with van der Waals surface area (Å²) in [6.45, 7) is 1.71. The Balaban J connectivity index is 1.64. The van der Waals surface area contributed by atoms with E-state index in [0.29, 0.717) is 16.1 Å². The third-order valence-corrected chi connectivity index (χ3v) is 5.78. The number of carbonyl (C=O) groups is 2. The Hall–Kier alpha value is -2.32. The predicted molar refractivity (Wildman–Crippen MR) is 99.1 cm³/mol. The number of methoxy groups -OCH3 is 1. The molecule has 144 valence electrons. The fourth-order valence-corrected chi connectivity index (χ4v) is 4.42. The Kier molecular flexibility index (Phi) is 5.86. The van der Waals surface area contributed by atoms with Crippen molar-refractivity contribution < 1.29 is 23.1 Å². The normalized spacial score (nSPS) is 13.9. The summed E-state index contributed by atoms with van der Waals surface area (Å²) in [5.74, 6) is -2.62. The van der Waals surface area contributed by atoms with Crippen LogP contribution in [0.15, 0.2) is 18.2 Å². The number of rotatable bonds is 6. The van der Waals surface area contributed by atoms with Gasteiger partial charge in [0, 0.05) is 10.9 Å². The van der Waals surface area contributed by atoms with Crippen molar-refractivity contribution in [1.29, 1.82) is 0 Å². The lowest BCUT2D eigenvalue weighted by Gasteiger charge is -2.14. The van der Waals surface area contributed by atoms with Crippen molar-refractivity contribution in [3.63, 3.8) is 0 Å². The third kappa shape index (κ3) is 4.17. The first-order valence-electron chi connectivity index (χ1n) is 8.61. The minimum absolute atomic E-state index is 0.0384. The molecule has 0 saturated heterocycles. The van der Waals surface area contributed by atoms with Crippen molar-refractivity contribution in [3.8, 4) is 0 Å². The molecule has 0 bridgehead atoms. The van der Waals surface area contributed by atoms with Crippen molar-refractivity contribution in [1.82, 2.24) is 5.32 Å². The highest BCUT2D eigenvalue weighted by Gasteiger charge is 2.28. The summed E-state index contributed by atoms with van der Waals surface area (Å²) < 4.78 is 31.2. The molecular formula is C19H20F2N2O3S. The van der Waals surface area contributed by atoms with Gasteiger partial charge < -0.3 is 15.4 Å². The van der Waals surface area contributed by atoms with Gasteiger partial charge in [-0.05, 0) is 49.4 Å². The van der Waals surface area contributed by atoms with E-state index in [-0.39, 0.29) is 18.5 Å². The summed E-state index contributed by atoms with van der Waals surface area (Å²) in [6.07, 6.45) is 2.69. The Morgan fingerprint density at radius 2 is 2.04 bits per heavy atom. The second-order valence-electron chi connectivity index (χ2n) is 6.38. The van der Waals surface area contributed by atoms with Gasteiger partial charge in [-0.2, -0.15) is 0 Å². The summed E-state index contributed by atoms with van der Waals surface area (Å²) >= 11 is 1.40. The maximum absolute atomic E-state index is 13.3. The van der Waals surface area contributed by atoms with Gasteiger partial charge in [0.25, 0.3) is 0 Å². The van der Waals surface area contributed by atoms with Crippen LogP contribution in [0.5, 0.6) is 0 Å². The largest absolute Gasteiger partial charge is 0.465 e. The molecule has 1 aliphatic carbocycles. The number of amides is 1. The van der Waals surface area contributed by atoms with Crippen LogP contribution in [0.1, 0.15) is 45.7 Å². The fraction of sp³-hybridized carbons (Fsp3) is 0.368. The maximum atomic E-state index is 13.3. The summed E-state index contributed by atoms with van der Waals surface area (Å²) in [4.78, 5) is 25.5. The van der Waals surface area contributed by atoms with Gasteiger partial charge in [-0.3, -0.25) is 4.79 Å². The number of esters is 1. The number of aryl methyl sites for hydroxylation is 1. The quantitative estimate of drug-likeness (QED) is 0.735. The first-order chi connectivity index (χ1) is 12.9. The van der Waals surface area contributed by atoms with Crippen LogP contribution in [-0.4, -0.2) is 25.5 Å². The van der Waals surface area contributed by atoms with Crippen LogP contribution < -0.4 is 10.6 Å². The second-order valence-corrected chi connectivity index (χ2v) is 7.48. The summed E-state index contributed by atoms with van der Waals surface area (Å²) in [5, 5.41) is 6.23. The highest BCUT2D eigenvalue weighted by Crippen LogP contribution is 2.39. The number of thiophene rings is 1. The first kappa shape index (κ1) is 19.4. The fourth-order valence-electron chi connectivity index (χ4n) is 3.13. The molecule has 2 aromatic rings. The van der Waals surface area contributed by atoms with Crippen molar-refractivity contribution in [2.75, 3.05) is 19.0 Å². The standard InChI is InChI=1S/C19H20F2N2O3S/c1-10(11-6-7-13(20)14(21)8-11)22-9-16(24)23-18-17(19(25)26-2)12-4-3-5-15(12)27-18/h6-8,10,22H,3-5,9H2,1-2H3,(H,23,24). The van der Waals surface area contributed by atoms with E-state index in [1.165, 1.54) is 24.5 Å². The van der Waals surface area contributed by atoms with Crippen molar-refractivity contribution in [3.05, 3.63) is 51.4 Å². The molecule has 2 N–H and O–H groups in total. The van der Waals surface area contributed by atoms with E-state index >= 15 is 0 Å². The van der Waals surface area contributed by atoms with Crippen LogP contribution in [0, 0.1) is 11.6 Å². The minimum atomic E-state index is -0.929. The molecular weight excluding hydrogens is 374 g/mol. The van der Waals surface area contributed by atoms with E-state index < -0.39 is 17.6 Å². The monoisotopic (exact) mass is 394 g/mol. The van der Waals surface area contributed by atoms with Gasteiger partial charge in [0.2, 0.25) is 5.91 Å². The van der Waals surface area contributed by atoms with Crippen LogP contribution in [0.2, 0.25) is 0 Å². The van der Waals surface area contributed by atoms with Crippen LogP contribution in [0.3, 0.4) is 0 Å². The lowest BCUT2D eigenvalue weighted by Crippen LogP contribution is -2.30. The third-order valence-electron chi connectivity index (χ3n) is 4.58. The molecule has 27 heavy (non-hydrogen) atoms. The Morgan fingerprint density at radius 1 is 1.26 bits per heavy atom.